The number of amides is 3. The number of cyclic esters (lactones) is 1. The van der Waals surface area contributed by atoms with Gasteiger partial charge in [0.25, 0.3) is 11.8 Å². The summed E-state index contributed by atoms with van der Waals surface area (Å²) in [4.78, 5) is 42.2. The monoisotopic (exact) mass is 289 g/mol. The SMILES string of the molecule is O=C(c1ccncc1)N1CCC(N2C(=O)COC2=O)CC1. The number of pyridine rings is 1. The molecule has 0 radical (unpaired) electrons. The minimum atomic E-state index is -0.570. The van der Waals surface area contributed by atoms with Crippen molar-refractivity contribution >= 4 is 17.9 Å². The molecule has 0 saturated carbocycles. The normalized spacial score (nSPS) is 19.8. The standard InChI is InChI=1S/C14H15N3O4/c18-12-9-21-14(20)17(12)11-3-7-16(8-4-11)13(19)10-1-5-15-6-2-10/h1-2,5-6,11H,3-4,7-9H2. The highest BCUT2D eigenvalue weighted by Crippen LogP contribution is 2.21. The predicted octanol–water partition coefficient (Wildman–Crippen LogP) is 0.665. The van der Waals surface area contributed by atoms with Gasteiger partial charge in [0.2, 0.25) is 0 Å². The number of hydrogen-bond donors (Lipinski definition) is 0. The van der Waals surface area contributed by atoms with Crippen LogP contribution in [0.25, 0.3) is 0 Å². The van der Waals surface area contributed by atoms with Crippen LogP contribution in [-0.4, -0.2) is 58.4 Å². The van der Waals surface area contributed by atoms with E-state index in [2.05, 4.69) is 4.98 Å². The minimum Gasteiger partial charge on any atom is -0.439 e. The van der Waals surface area contributed by atoms with Gasteiger partial charge in [-0.25, -0.2) is 9.69 Å². The lowest BCUT2D eigenvalue weighted by molar-refractivity contribution is -0.127. The Hall–Kier alpha value is -2.44. The van der Waals surface area contributed by atoms with E-state index in [0.29, 0.717) is 31.5 Å². The van der Waals surface area contributed by atoms with Crippen LogP contribution in [0.5, 0.6) is 0 Å². The topological polar surface area (TPSA) is 79.8 Å². The Balaban J connectivity index is 1.62. The van der Waals surface area contributed by atoms with E-state index >= 15 is 0 Å². The molecule has 0 N–H and O–H groups in total. The van der Waals surface area contributed by atoms with E-state index in [1.165, 1.54) is 4.90 Å². The van der Waals surface area contributed by atoms with Gasteiger partial charge in [-0.2, -0.15) is 0 Å². The van der Waals surface area contributed by atoms with Crippen LogP contribution in [0.2, 0.25) is 0 Å². The molecule has 0 aromatic carbocycles. The molecule has 0 unspecified atom stereocenters. The van der Waals surface area contributed by atoms with Crippen LogP contribution in [0.15, 0.2) is 24.5 Å². The number of carbonyl (C=O) groups excluding carboxylic acids is 3. The van der Waals surface area contributed by atoms with Gasteiger partial charge in [-0.05, 0) is 25.0 Å². The average molecular weight is 289 g/mol. The van der Waals surface area contributed by atoms with E-state index in [1.807, 2.05) is 0 Å². The van der Waals surface area contributed by atoms with E-state index in [-0.39, 0.29) is 24.5 Å². The molecule has 0 bridgehead atoms. The van der Waals surface area contributed by atoms with Crippen LogP contribution in [-0.2, 0) is 9.53 Å². The first-order valence-electron chi connectivity index (χ1n) is 6.85. The highest BCUT2D eigenvalue weighted by molar-refractivity contribution is 5.98. The van der Waals surface area contributed by atoms with Crippen LogP contribution in [0.1, 0.15) is 23.2 Å². The summed E-state index contributed by atoms with van der Waals surface area (Å²) in [5, 5.41) is 0. The molecule has 2 aliphatic rings. The van der Waals surface area contributed by atoms with Crippen molar-refractivity contribution in [1.29, 1.82) is 0 Å². The lowest BCUT2D eigenvalue weighted by atomic mass is 10.0. The van der Waals surface area contributed by atoms with Crippen molar-refractivity contribution in [3.05, 3.63) is 30.1 Å². The predicted molar refractivity (Wildman–Crippen MR) is 71.4 cm³/mol. The molecule has 7 heteroatoms. The molecule has 1 aromatic heterocycles. The van der Waals surface area contributed by atoms with Gasteiger partial charge in [0.15, 0.2) is 6.61 Å². The Labute approximate surface area is 121 Å². The summed E-state index contributed by atoms with van der Waals surface area (Å²) in [7, 11) is 0. The fourth-order valence-electron chi connectivity index (χ4n) is 2.72. The van der Waals surface area contributed by atoms with Crippen molar-refractivity contribution in [3.63, 3.8) is 0 Å². The minimum absolute atomic E-state index is 0.0498. The van der Waals surface area contributed by atoms with Gasteiger partial charge in [-0.3, -0.25) is 14.6 Å². The van der Waals surface area contributed by atoms with Gasteiger partial charge >= 0.3 is 6.09 Å². The summed E-state index contributed by atoms with van der Waals surface area (Å²) in [5.74, 6) is -0.343. The van der Waals surface area contributed by atoms with Gasteiger partial charge in [0.05, 0.1) is 0 Å². The molecular formula is C14H15N3O4. The lowest BCUT2D eigenvalue weighted by Crippen LogP contribution is -2.48. The maximum absolute atomic E-state index is 12.3. The Kier molecular flexibility index (Phi) is 3.55. The van der Waals surface area contributed by atoms with Crippen molar-refractivity contribution in [1.82, 2.24) is 14.8 Å². The van der Waals surface area contributed by atoms with Gasteiger partial charge in [0.1, 0.15) is 0 Å². The third-order valence-electron chi connectivity index (χ3n) is 3.83. The van der Waals surface area contributed by atoms with Crippen LogP contribution < -0.4 is 0 Å². The molecule has 0 spiro atoms. The molecule has 21 heavy (non-hydrogen) atoms. The van der Waals surface area contributed by atoms with Gasteiger partial charge in [-0.1, -0.05) is 0 Å². The number of carbonyl (C=O) groups is 3. The van der Waals surface area contributed by atoms with E-state index in [4.69, 9.17) is 4.74 Å². The molecule has 1 aromatic rings. The molecule has 3 amide bonds. The Bertz CT molecular complexity index is 551. The first kappa shape index (κ1) is 13.5. The molecule has 2 fully saturated rings. The molecule has 0 aliphatic carbocycles. The summed E-state index contributed by atoms with van der Waals surface area (Å²) in [6, 6.07) is 3.18. The molecule has 3 rings (SSSR count). The molecule has 110 valence electrons. The second kappa shape index (κ2) is 5.51. The summed E-state index contributed by atoms with van der Waals surface area (Å²) in [6.07, 6.45) is 3.76. The highest BCUT2D eigenvalue weighted by Gasteiger charge is 2.39. The summed E-state index contributed by atoms with van der Waals surface area (Å²) in [6.45, 7) is 0.862. The molecule has 2 saturated heterocycles. The van der Waals surface area contributed by atoms with Crippen LogP contribution in [0.3, 0.4) is 0 Å². The fourth-order valence-corrected chi connectivity index (χ4v) is 2.72. The summed E-state index contributed by atoms with van der Waals surface area (Å²) in [5.41, 5.74) is 0.597. The number of aromatic nitrogens is 1. The van der Waals surface area contributed by atoms with Crippen molar-refractivity contribution in [2.24, 2.45) is 0 Å². The van der Waals surface area contributed by atoms with Crippen molar-refractivity contribution < 1.29 is 19.1 Å². The van der Waals surface area contributed by atoms with Gasteiger partial charge < -0.3 is 9.64 Å². The number of hydrogen-bond acceptors (Lipinski definition) is 5. The molecule has 2 aliphatic heterocycles. The van der Waals surface area contributed by atoms with Crippen LogP contribution in [0, 0.1) is 0 Å². The van der Waals surface area contributed by atoms with Crippen molar-refractivity contribution in [2.75, 3.05) is 19.7 Å². The summed E-state index contributed by atoms with van der Waals surface area (Å²) >= 11 is 0. The zero-order valence-electron chi connectivity index (χ0n) is 11.4. The molecule has 3 heterocycles. The maximum atomic E-state index is 12.3. The highest BCUT2D eigenvalue weighted by atomic mass is 16.6. The molecular weight excluding hydrogens is 274 g/mol. The second-order valence-electron chi connectivity index (χ2n) is 5.08. The number of piperidine rings is 1. The lowest BCUT2D eigenvalue weighted by Gasteiger charge is -2.34. The van der Waals surface area contributed by atoms with Gasteiger partial charge in [0, 0.05) is 37.1 Å². The zero-order chi connectivity index (χ0) is 14.8. The quantitative estimate of drug-likeness (QED) is 0.799. The molecule has 0 atom stereocenters. The first-order valence-corrected chi connectivity index (χ1v) is 6.85. The van der Waals surface area contributed by atoms with E-state index < -0.39 is 6.09 Å². The summed E-state index contributed by atoms with van der Waals surface area (Å²) < 4.78 is 4.72. The second-order valence-corrected chi connectivity index (χ2v) is 5.08. The number of likely N-dealkylation sites (tertiary alicyclic amines) is 1. The Morgan fingerprint density at radius 1 is 1.19 bits per heavy atom. The average Bonchev–Trinajstić information content (AvgIpc) is 2.87. The number of ether oxygens (including phenoxy) is 1. The van der Waals surface area contributed by atoms with E-state index in [9.17, 15) is 14.4 Å². The third kappa shape index (κ3) is 2.58. The third-order valence-corrected chi connectivity index (χ3v) is 3.83. The van der Waals surface area contributed by atoms with Crippen molar-refractivity contribution in [3.8, 4) is 0 Å². The zero-order valence-corrected chi connectivity index (χ0v) is 11.4. The smallest absolute Gasteiger partial charge is 0.417 e. The van der Waals surface area contributed by atoms with Gasteiger partial charge in [-0.15, -0.1) is 0 Å². The first-order chi connectivity index (χ1) is 10.2. The Morgan fingerprint density at radius 3 is 2.43 bits per heavy atom. The maximum Gasteiger partial charge on any atom is 0.417 e. The number of rotatable bonds is 2. The number of nitrogens with zero attached hydrogens (tertiary/aromatic N) is 3. The van der Waals surface area contributed by atoms with Crippen LogP contribution >= 0.6 is 0 Å². The molecule has 7 nitrogen and oxygen atoms in total. The largest absolute Gasteiger partial charge is 0.439 e. The van der Waals surface area contributed by atoms with E-state index in [1.54, 1.807) is 29.4 Å². The Morgan fingerprint density at radius 2 is 1.86 bits per heavy atom. The van der Waals surface area contributed by atoms with Crippen molar-refractivity contribution in [2.45, 2.75) is 18.9 Å². The van der Waals surface area contributed by atoms with E-state index in [0.717, 1.165) is 0 Å². The van der Waals surface area contributed by atoms with Crippen LogP contribution in [0.4, 0.5) is 4.79 Å². The number of imide groups is 1. The fraction of sp³-hybridized carbons (Fsp3) is 0.429.